The minimum atomic E-state index is -0.485. The van der Waals surface area contributed by atoms with Crippen LogP contribution in [0.15, 0.2) is 28.7 Å². The van der Waals surface area contributed by atoms with E-state index in [-0.39, 0.29) is 6.10 Å². The molecule has 1 rings (SSSR count). The largest absolute Gasteiger partial charge is 0.387 e. The van der Waals surface area contributed by atoms with Crippen molar-refractivity contribution in [3.63, 3.8) is 0 Å². The summed E-state index contributed by atoms with van der Waals surface area (Å²) in [5.41, 5.74) is 0.913. The molecule has 0 saturated carbocycles. The second-order valence-electron chi connectivity index (χ2n) is 4.00. The maximum Gasteiger partial charge on any atom is 0.0914 e. The van der Waals surface area contributed by atoms with Gasteiger partial charge in [-0.05, 0) is 31.5 Å². The van der Waals surface area contributed by atoms with Gasteiger partial charge in [0.1, 0.15) is 0 Å². The fourth-order valence-corrected chi connectivity index (χ4v) is 2.02. The molecule has 2 N–H and O–H groups in total. The van der Waals surface area contributed by atoms with Crippen molar-refractivity contribution in [2.24, 2.45) is 0 Å². The molecule has 0 saturated heterocycles. The van der Waals surface area contributed by atoms with E-state index in [1.165, 1.54) is 0 Å². The number of nitrogens with one attached hydrogen (secondary N) is 1. The summed E-state index contributed by atoms with van der Waals surface area (Å²) in [5.74, 6) is 0. The van der Waals surface area contributed by atoms with Gasteiger partial charge in [0.15, 0.2) is 0 Å². The lowest BCUT2D eigenvalue weighted by Gasteiger charge is -2.16. The maximum atomic E-state index is 9.96. The van der Waals surface area contributed by atoms with Crippen molar-refractivity contribution < 1.29 is 9.84 Å². The lowest BCUT2D eigenvalue weighted by Crippen LogP contribution is -2.30. The predicted octanol–water partition coefficient (Wildman–Crippen LogP) is 2.50. The Bertz CT molecular complexity index is 333. The average Bonchev–Trinajstić information content (AvgIpc) is 2.29. The van der Waals surface area contributed by atoms with E-state index in [0.29, 0.717) is 6.54 Å². The minimum absolute atomic E-state index is 0.176. The molecule has 0 amide bonds. The summed E-state index contributed by atoms with van der Waals surface area (Å²) in [5, 5.41) is 13.2. The molecule has 1 aromatic carbocycles. The van der Waals surface area contributed by atoms with Crippen LogP contribution in [0.2, 0.25) is 0 Å². The summed E-state index contributed by atoms with van der Waals surface area (Å²) >= 11 is 3.39. The lowest BCUT2D eigenvalue weighted by molar-refractivity contribution is 0.0723. The van der Waals surface area contributed by atoms with E-state index in [0.717, 1.165) is 23.2 Å². The molecule has 1 aromatic rings. The van der Waals surface area contributed by atoms with Crippen LogP contribution >= 0.6 is 15.9 Å². The highest BCUT2D eigenvalue weighted by molar-refractivity contribution is 9.10. The zero-order valence-corrected chi connectivity index (χ0v) is 11.9. The first kappa shape index (κ1) is 14.6. The molecule has 4 heteroatoms. The minimum Gasteiger partial charge on any atom is -0.387 e. The fourth-order valence-electron chi connectivity index (χ4n) is 1.60. The van der Waals surface area contributed by atoms with Gasteiger partial charge in [-0.15, -0.1) is 0 Å². The van der Waals surface area contributed by atoms with Crippen molar-refractivity contribution in [1.29, 1.82) is 0 Å². The lowest BCUT2D eigenvalue weighted by atomic mass is 10.1. The van der Waals surface area contributed by atoms with Crippen molar-refractivity contribution in [2.45, 2.75) is 26.1 Å². The van der Waals surface area contributed by atoms with Gasteiger partial charge in [-0.1, -0.05) is 28.1 Å². The standard InChI is InChI=1S/C13H20BrNO2/c1-3-17-10(2)8-15-9-13(16)11-5-4-6-12(14)7-11/h4-7,10,13,15-16H,3,8-9H2,1-2H3. The highest BCUT2D eigenvalue weighted by Crippen LogP contribution is 2.17. The Kier molecular flexibility index (Phi) is 6.73. The fraction of sp³-hybridized carbons (Fsp3) is 0.538. The van der Waals surface area contributed by atoms with Crippen molar-refractivity contribution in [3.8, 4) is 0 Å². The van der Waals surface area contributed by atoms with Gasteiger partial charge in [-0.3, -0.25) is 0 Å². The van der Waals surface area contributed by atoms with Crippen LogP contribution in [0, 0.1) is 0 Å². The molecule has 96 valence electrons. The van der Waals surface area contributed by atoms with Crippen LogP contribution in [0.5, 0.6) is 0 Å². The molecule has 2 atom stereocenters. The van der Waals surface area contributed by atoms with Crippen LogP contribution in [0.1, 0.15) is 25.5 Å². The number of aliphatic hydroxyl groups excluding tert-OH is 1. The van der Waals surface area contributed by atoms with Crippen LogP contribution in [-0.2, 0) is 4.74 Å². The van der Waals surface area contributed by atoms with Gasteiger partial charge in [0.2, 0.25) is 0 Å². The molecule has 0 spiro atoms. The molecular formula is C13H20BrNO2. The molecule has 0 heterocycles. The first-order valence-electron chi connectivity index (χ1n) is 5.89. The Labute approximate surface area is 111 Å². The number of hydrogen-bond acceptors (Lipinski definition) is 3. The van der Waals surface area contributed by atoms with Gasteiger partial charge >= 0.3 is 0 Å². The van der Waals surface area contributed by atoms with Crippen LogP contribution in [0.4, 0.5) is 0 Å². The van der Waals surface area contributed by atoms with Crippen molar-refractivity contribution in [2.75, 3.05) is 19.7 Å². The molecule has 0 fully saturated rings. The Hall–Kier alpha value is -0.420. The summed E-state index contributed by atoms with van der Waals surface area (Å²) in [6, 6.07) is 7.72. The van der Waals surface area contributed by atoms with E-state index in [9.17, 15) is 5.11 Å². The zero-order chi connectivity index (χ0) is 12.7. The van der Waals surface area contributed by atoms with Gasteiger partial charge in [0.05, 0.1) is 12.2 Å². The summed E-state index contributed by atoms with van der Waals surface area (Å²) in [6.07, 6.45) is -0.309. The summed E-state index contributed by atoms with van der Waals surface area (Å²) < 4.78 is 6.38. The molecular weight excluding hydrogens is 282 g/mol. The number of rotatable bonds is 7. The Morgan fingerprint density at radius 1 is 1.41 bits per heavy atom. The first-order valence-corrected chi connectivity index (χ1v) is 6.68. The van der Waals surface area contributed by atoms with Gasteiger partial charge in [0, 0.05) is 24.2 Å². The summed E-state index contributed by atoms with van der Waals surface area (Å²) in [6.45, 7) is 6.00. The number of halogens is 1. The molecule has 0 radical (unpaired) electrons. The zero-order valence-electron chi connectivity index (χ0n) is 10.3. The monoisotopic (exact) mass is 301 g/mol. The van der Waals surface area contributed by atoms with Crippen LogP contribution < -0.4 is 5.32 Å². The predicted molar refractivity (Wildman–Crippen MR) is 73.1 cm³/mol. The third kappa shape index (κ3) is 5.64. The molecule has 2 unspecified atom stereocenters. The van der Waals surface area contributed by atoms with Crippen molar-refractivity contribution >= 4 is 15.9 Å². The Balaban J connectivity index is 2.32. The normalized spacial score (nSPS) is 14.6. The molecule has 3 nitrogen and oxygen atoms in total. The van der Waals surface area contributed by atoms with E-state index < -0.39 is 6.10 Å². The van der Waals surface area contributed by atoms with E-state index in [1.807, 2.05) is 38.1 Å². The molecule has 0 bridgehead atoms. The van der Waals surface area contributed by atoms with Crippen LogP contribution in [0.3, 0.4) is 0 Å². The first-order chi connectivity index (χ1) is 8.13. The van der Waals surface area contributed by atoms with Gasteiger partial charge in [0.25, 0.3) is 0 Å². The number of ether oxygens (including phenoxy) is 1. The Morgan fingerprint density at radius 3 is 2.82 bits per heavy atom. The Morgan fingerprint density at radius 2 is 2.18 bits per heavy atom. The van der Waals surface area contributed by atoms with Gasteiger partial charge < -0.3 is 15.2 Å². The van der Waals surface area contributed by atoms with Crippen LogP contribution in [-0.4, -0.2) is 30.9 Å². The van der Waals surface area contributed by atoms with Gasteiger partial charge in [-0.25, -0.2) is 0 Å². The number of aliphatic hydroxyl groups is 1. The third-order valence-electron chi connectivity index (χ3n) is 2.45. The summed E-state index contributed by atoms with van der Waals surface area (Å²) in [4.78, 5) is 0. The van der Waals surface area contributed by atoms with E-state index in [1.54, 1.807) is 0 Å². The molecule has 0 aromatic heterocycles. The summed E-state index contributed by atoms with van der Waals surface area (Å²) in [7, 11) is 0. The smallest absolute Gasteiger partial charge is 0.0914 e. The van der Waals surface area contributed by atoms with E-state index in [4.69, 9.17) is 4.74 Å². The quantitative estimate of drug-likeness (QED) is 0.813. The average molecular weight is 302 g/mol. The van der Waals surface area contributed by atoms with E-state index >= 15 is 0 Å². The highest BCUT2D eigenvalue weighted by Gasteiger charge is 2.08. The number of benzene rings is 1. The molecule has 17 heavy (non-hydrogen) atoms. The highest BCUT2D eigenvalue weighted by atomic mass is 79.9. The second-order valence-corrected chi connectivity index (χ2v) is 4.91. The van der Waals surface area contributed by atoms with Crippen molar-refractivity contribution in [1.82, 2.24) is 5.32 Å². The van der Waals surface area contributed by atoms with Crippen molar-refractivity contribution in [3.05, 3.63) is 34.3 Å². The number of hydrogen-bond donors (Lipinski definition) is 2. The molecule has 0 aliphatic carbocycles. The van der Waals surface area contributed by atoms with E-state index in [2.05, 4.69) is 21.2 Å². The SMILES string of the molecule is CCOC(C)CNCC(O)c1cccc(Br)c1. The van der Waals surface area contributed by atoms with Crippen LogP contribution in [0.25, 0.3) is 0 Å². The topological polar surface area (TPSA) is 41.5 Å². The molecule has 0 aliphatic heterocycles. The molecule has 0 aliphatic rings. The third-order valence-corrected chi connectivity index (χ3v) is 2.95. The van der Waals surface area contributed by atoms with Gasteiger partial charge in [-0.2, -0.15) is 0 Å². The second kappa shape index (κ2) is 7.82. The maximum absolute atomic E-state index is 9.96.